The topological polar surface area (TPSA) is 114 Å². The number of ether oxygens (including phenoxy) is 2. The van der Waals surface area contributed by atoms with E-state index in [9.17, 15) is 19.2 Å². The van der Waals surface area contributed by atoms with Gasteiger partial charge in [0.15, 0.2) is 18.1 Å². The summed E-state index contributed by atoms with van der Waals surface area (Å²) in [5.41, 5.74) is 3.13. The third-order valence-corrected chi connectivity index (χ3v) is 6.14. The molecule has 1 heterocycles. The average Bonchev–Trinajstić information content (AvgIpc) is 2.88. The maximum absolute atomic E-state index is 13.1. The summed E-state index contributed by atoms with van der Waals surface area (Å²) >= 11 is 6.00. The van der Waals surface area contributed by atoms with Gasteiger partial charge >= 0.3 is 6.03 Å². The fourth-order valence-electron chi connectivity index (χ4n) is 3.78. The van der Waals surface area contributed by atoms with E-state index >= 15 is 0 Å². The number of barbiturate groups is 1. The Bertz CT molecular complexity index is 1480. The predicted octanol–water partition coefficient (Wildman–Crippen LogP) is 4.65. The van der Waals surface area contributed by atoms with Crippen LogP contribution in [0.15, 0.2) is 66.2 Å². The maximum Gasteiger partial charge on any atom is 0.335 e. The summed E-state index contributed by atoms with van der Waals surface area (Å²) in [5.74, 6) is -1.41. The molecule has 0 spiro atoms. The largest absolute Gasteiger partial charge is 0.493 e. The van der Waals surface area contributed by atoms with E-state index in [1.807, 2.05) is 32.0 Å². The maximum atomic E-state index is 13.1. The molecule has 1 aliphatic rings. The van der Waals surface area contributed by atoms with Crippen LogP contribution in [0.5, 0.6) is 11.5 Å². The van der Waals surface area contributed by atoms with Crippen LogP contribution in [-0.2, 0) is 14.4 Å². The number of aryl methyl sites for hydroxylation is 1. The lowest BCUT2D eigenvalue weighted by atomic mass is 10.1. The highest BCUT2D eigenvalue weighted by Gasteiger charge is 2.36. The van der Waals surface area contributed by atoms with E-state index in [0.717, 1.165) is 16.0 Å². The third kappa shape index (κ3) is 5.68. The van der Waals surface area contributed by atoms with Crippen LogP contribution in [0, 0.1) is 13.8 Å². The fraction of sp³-hybridized carbons (Fsp3) is 0.143. The second-order valence-electron chi connectivity index (χ2n) is 8.43. The molecule has 1 saturated heterocycles. The van der Waals surface area contributed by atoms with Crippen molar-refractivity contribution in [1.29, 1.82) is 0 Å². The number of rotatable bonds is 7. The van der Waals surface area contributed by atoms with Crippen molar-refractivity contribution < 1.29 is 28.7 Å². The van der Waals surface area contributed by atoms with Crippen molar-refractivity contribution in [2.45, 2.75) is 13.8 Å². The molecule has 4 rings (SSSR count). The van der Waals surface area contributed by atoms with Gasteiger partial charge in [-0.2, -0.15) is 0 Å². The molecule has 3 aromatic carbocycles. The first-order valence-corrected chi connectivity index (χ1v) is 11.9. The lowest BCUT2D eigenvalue weighted by Crippen LogP contribution is -2.54. The van der Waals surface area contributed by atoms with Crippen LogP contribution in [0.3, 0.4) is 0 Å². The predicted molar refractivity (Wildman–Crippen MR) is 143 cm³/mol. The first kappa shape index (κ1) is 26.4. The minimum Gasteiger partial charge on any atom is -0.493 e. The zero-order valence-electron chi connectivity index (χ0n) is 20.8. The SMILES string of the molecule is COc1cc(/C=C2\C(=O)NC(=O)N(c3cccc(Cl)c3)C2=O)ccc1OCC(=O)Nc1cccc(C)c1C. The molecular formula is C28H24ClN3O6. The summed E-state index contributed by atoms with van der Waals surface area (Å²) in [6.07, 6.45) is 1.33. The van der Waals surface area contributed by atoms with Crippen LogP contribution in [0.2, 0.25) is 5.02 Å². The Balaban J connectivity index is 1.51. The Kier molecular flexibility index (Phi) is 7.78. The highest BCUT2D eigenvalue weighted by Crippen LogP contribution is 2.30. The molecule has 0 unspecified atom stereocenters. The van der Waals surface area contributed by atoms with Gasteiger partial charge in [0.05, 0.1) is 12.8 Å². The molecule has 1 aliphatic heterocycles. The molecular weight excluding hydrogens is 510 g/mol. The Labute approximate surface area is 224 Å². The number of imide groups is 2. The van der Waals surface area contributed by atoms with Crippen molar-refractivity contribution in [3.05, 3.63) is 87.9 Å². The van der Waals surface area contributed by atoms with Gasteiger partial charge in [-0.3, -0.25) is 19.7 Å². The van der Waals surface area contributed by atoms with Crippen LogP contribution in [-0.4, -0.2) is 37.5 Å². The number of carbonyl (C=O) groups is 4. The number of halogens is 1. The number of methoxy groups -OCH3 is 1. The lowest BCUT2D eigenvalue weighted by molar-refractivity contribution is -0.122. The van der Waals surface area contributed by atoms with Gasteiger partial charge in [-0.05, 0) is 73.0 Å². The minimum atomic E-state index is -0.875. The molecule has 0 aliphatic carbocycles. The summed E-state index contributed by atoms with van der Waals surface area (Å²) < 4.78 is 11.0. The van der Waals surface area contributed by atoms with Crippen LogP contribution in [0.25, 0.3) is 6.08 Å². The molecule has 0 atom stereocenters. The summed E-state index contributed by atoms with van der Waals surface area (Å²) in [7, 11) is 1.42. The number of anilines is 2. The van der Waals surface area contributed by atoms with Gasteiger partial charge in [-0.25, -0.2) is 9.69 Å². The first-order chi connectivity index (χ1) is 18.2. The summed E-state index contributed by atoms with van der Waals surface area (Å²) in [5, 5.41) is 5.31. The van der Waals surface area contributed by atoms with Gasteiger partial charge in [0, 0.05) is 10.7 Å². The molecule has 0 saturated carbocycles. The van der Waals surface area contributed by atoms with Gasteiger partial charge in [-0.1, -0.05) is 35.9 Å². The molecule has 194 valence electrons. The van der Waals surface area contributed by atoms with Crippen molar-refractivity contribution in [1.82, 2.24) is 5.32 Å². The summed E-state index contributed by atoms with van der Waals surface area (Å²) in [4.78, 5) is 51.2. The molecule has 38 heavy (non-hydrogen) atoms. The first-order valence-electron chi connectivity index (χ1n) is 11.5. The Morgan fingerprint density at radius 2 is 1.79 bits per heavy atom. The fourth-order valence-corrected chi connectivity index (χ4v) is 3.97. The van der Waals surface area contributed by atoms with Crippen molar-refractivity contribution in [3.8, 4) is 11.5 Å². The van der Waals surface area contributed by atoms with Gasteiger partial charge in [0.25, 0.3) is 17.7 Å². The minimum absolute atomic E-state index is 0.221. The van der Waals surface area contributed by atoms with Crippen molar-refractivity contribution in [3.63, 3.8) is 0 Å². The number of benzene rings is 3. The standard InChI is InChI=1S/C28H24ClN3O6/c1-16-6-4-9-22(17(16)2)30-25(33)15-38-23-11-10-18(13-24(23)37-3)12-21-26(34)31-28(36)32(27(21)35)20-8-5-7-19(29)14-20/h4-14H,15H2,1-3H3,(H,30,33)(H,31,34,36)/b21-12+. The van der Waals surface area contributed by atoms with Crippen molar-refractivity contribution in [2.24, 2.45) is 0 Å². The Morgan fingerprint density at radius 3 is 2.53 bits per heavy atom. The molecule has 5 amide bonds. The molecule has 9 nitrogen and oxygen atoms in total. The number of amides is 5. The Hall–Kier alpha value is -4.63. The van der Waals surface area contributed by atoms with Crippen LogP contribution < -0.4 is 25.0 Å². The second-order valence-corrected chi connectivity index (χ2v) is 8.87. The molecule has 0 aromatic heterocycles. The molecule has 1 fully saturated rings. The quantitative estimate of drug-likeness (QED) is 0.337. The normalized spacial score (nSPS) is 14.4. The molecule has 0 radical (unpaired) electrons. The van der Waals surface area contributed by atoms with E-state index in [0.29, 0.717) is 22.0 Å². The average molecular weight is 534 g/mol. The number of hydrogen-bond acceptors (Lipinski definition) is 6. The van der Waals surface area contributed by atoms with E-state index in [4.69, 9.17) is 21.1 Å². The number of hydrogen-bond donors (Lipinski definition) is 2. The van der Waals surface area contributed by atoms with E-state index in [-0.39, 0.29) is 29.5 Å². The molecule has 10 heteroatoms. The van der Waals surface area contributed by atoms with Crippen LogP contribution >= 0.6 is 11.6 Å². The van der Waals surface area contributed by atoms with E-state index in [1.54, 1.807) is 30.3 Å². The van der Waals surface area contributed by atoms with Crippen molar-refractivity contribution >= 4 is 52.8 Å². The van der Waals surface area contributed by atoms with Gasteiger partial charge in [0.2, 0.25) is 0 Å². The number of carbonyl (C=O) groups excluding carboxylic acids is 4. The second kappa shape index (κ2) is 11.2. The highest BCUT2D eigenvalue weighted by atomic mass is 35.5. The van der Waals surface area contributed by atoms with Gasteiger partial charge in [0.1, 0.15) is 5.57 Å². The Morgan fingerprint density at radius 1 is 1.03 bits per heavy atom. The van der Waals surface area contributed by atoms with E-state index in [1.165, 1.54) is 25.3 Å². The zero-order valence-corrected chi connectivity index (χ0v) is 21.6. The van der Waals surface area contributed by atoms with Crippen LogP contribution in [0.1, 0.15) is 16.7 Å². The molecule has 0 bridgehead atoms. The van der Waals surface area contributed by atoms with E-state index in [2.05, 4.69) is 10.6 Å². The van der Waals surface area contributed by atoms with Gasteiger partial charge in [-0.15, -0.1) is 0 Å². The van der Waals surface area contributed by atoms with E-state index < -0.39 is 17.8 Å². The lowest BCUT2D eigenvalue weighted by Gasteiger charge is -2.26. The van der Waals surface area contributed by atoms with Crippen molar-refractivity contribution in [2.75, 3.05) is 23.9 Å². The van der Waals surface area contributed by atoms with Gasteiger partial charge < -0.3 is 14.8 Å². The molecule has 3 aromatic rings. The number of nitrogens with zero attached hydrogens (tertiary/aromatic N) is 1. The monoisotopic (exact) mass is 533 g/mol. The number of nitrogens with one attached hydrogen (secondary N) is 2. The smallest absolute Gasteiger partial charge is 0.335 e. The summed E-state index contributed by atoms with van der Waals surface area (Å²) in [6, 6.07) is 15.6. The zero-order chi connectivity index (χ0) is 27.4. The summed E-state index contributed by atoms with van der Waals surface area (Å²) in [6.45, 7) is 3.62. The third-order valence-electron chi connectivity index (χ3n) is 5.90. The van der Waals surface area contributed by atoms with Crippen LogP contribution in [0.4, 0.5) is 16.2 Å². The number of urea groups is 1. The highest BCUT2D eigenvalue weighted by molar-refractivity contribution is 6.39. The molecule has 2 N–H and O–H groups in total.